The smallest absolute Gasteiger partial charge is 0.0507 e. The lowest BCUT2D eigenvalue weighted by Gasteiger charge is -2.16. The summed E-state index contributed by atoms with van der Waals surface area (Å²) in [6.07, 6.45) is 7.27. The van der Waals surface area contributed by atoms with Crippen LogP contribution in [-0.2, 0) is 4.74 Å². The van der Waals surface area contributed by atoms with E-state index in [1.807, 2.05) is 0 Å². The molecule has 2 saturated carbocycles. The van der Waals surface area contributed by atoms with Gasteiger partial charge in [0.05, 0.1) is 6.61 Å². The van der Waals surface area contributed by atoms with Crippen molar-refractivity contribution >= 4 is 0 Å². The lowest BCUT2D eigenvalue weighted by Crippen LogP contribution is -2.30. The van der Waals surface area contributed by atoms with E-state index >= 15 is 0 Å². The molecule has 1 aliphatic heterocycles. The molecule has 1 unspecified atom stereocenters. The molecule has 80 valence electrons. The predicted octanol–water partition coefficient (Wildman–Crippen LogP) is 1.80. The van der Waals surface area contributed by atoms with Crippen LogP contribution < -0.4 is 5.32 Å². The van der Waals surface area contributed by atoms with Crippen LogP contribution in [0, 0.1) is 17.3 Å². The summed E-state index contributed by atoms with van der Waals surface area (Å²) in [6, 6.07) is 0. The molecule has 1 heterocycles. The van der Waals surface area contributed by atoms with Crippen molar-refractivity contribution < 1.29 is 4.74 Å². The maximum Gasteiger partial charge on any atom is 0.0507 e. The normalized spacial score (nSPS) is 34.7. The molecule has 3 fully saturated rings. The van der Waals surface area contributed by atoms with E-state index in [0.717, 1.165) is 30.5 Å². The maximum atomic E-state index is 5.38. The monoisotopic (exact) mass is 195 g/mol. The molecule has 0 spiro atoms. The minimum absolute atomic E-state index is 0.763. The fourth-order valence-electron chi connectivity index (χ4n) is 2.86. The molecular weight excluding hydrogens is 174 g/mol. The Hall–Kier alpha value is -0.0800. The second kappa shape index (κ2) is 3.49. The number of rotatable bonds is 5. The van der Waals surface area contributed by atoms with Gasteiger partial charge in [0.2, 0.25) is 0 Å². The fraction of sp³-hybridized carbons (Fsp3) is 1.00. The molecule has 0 amide bonds. The van der Waals surface area contributed by atoms with Gasteiger partial charge in [-0.2, -0.15) is 0 Å². The van der Waals surface area contributed by atoms with Crippen molar-refractivity contribution in [3.8, 4) is 0 Å². The number of nitrogens with one attached hydrogen (secondary N) is 1. The highest BCUT2D eigenvalue weighted by molar-refractivity contribution is 5.05. The molecule has 1 saturated heterocycles. The van der Waals surface area contributed by atoms with Gasteiger partial charge in [0.15, 0.2) is 0 Å². The zero-order chi connectivity index (χ0) is 9.43. The molecule has 0 bridgehead atoms. The van der Waals surface area contributed by atoms with Crippen molar-refractivity contribution in [2.75, 3.05) is 26.3 Å². The second-order valence-corrected chi connectivity index (χ2v) is 5.50. The molecule has 0 aromatic rings. The van der Waals surface area contributed by atoms with Crippen molar-refractivity contribution in [3.63, 3.8) is 0 Å². The molecule has 3 rings (SSSR count). The average molecular weight is 195 g/mol. The van der Waals surface area contributed by atoms with E-state index in [4.69, 9.17) is 4.74 Å². The van der Waals surface area contributed by atoms with E-state index in [-0.39, 0.29) is 0 Å². The minimum Gasteiger partial charge on any atom is -0.381 e. The summed E-state index contributed by atoms with van der Waals surface area (Å²) in [5.74, 6) is 1.89. The van der Waals surface area contributed by atoms with E-state index in [1.165, 1.54) is 45.2 Å². The minimum atomic E-state index is 0.763. The first-order valence-electron chi connectivity index (χ1n) is 6.18. The molecular formula is C12H21NO. The summed E-state index contributed by atoms with van der Waals surface area (Å²) in [5.41, 5.74) is 0.763. The van der Waals surface area contributed by atoms with Crippen LogP contribution in [-0.4, -0.2) is 26.3 Å². The Balaban J connectivity index is 1.37. The molecule has 2 aliphatic carbocycles. The van der Waals surface area contributed by atoms with Gasteiger partial charge in [-0.15, -0.1) is 0 Å². The van der Waals surface area contributed by atoms with Crippen LogP contribution in [0.1, 0.15) is 32.1 Å². The van der Waals surface area contributed by atoms with E-state index in [2.05, 4.69) is 5.32 Å². The first-order chi connectivity index (χ1) is 6.89. The summed E-state index contributed by atoms with van der Waals surface area (Å²) in [5, 5.41) is 3.67. The van der Waals surface area contributed by atoms with Crippen LogP contribution in [0.4, 0.5) is 0 Å². The quantitative estimate of drug-likeness (QED) is 0.722. The second-order valence-electron chi connectivity index (χ2n) is 5.50. The third-order valence-electron chi connectivity index (χ3n) is 4.27. The van der Waals surface area contributed by atoms with E-state index < -0.39 is 0 Å². The molecule has 2 nitrogen and oxygen atoms in total. The zero-order valence-corrected chi connectivity index (χ0v) is 8.93. The van der Waals surface area contributed by atoms with Gasteiger partial charge in [0.25, 0.3) is 0 Å². The van der Waals surface area contributed by atoms with Gasteiger partial charge in [-0.25, -0.2) is 0 Å². The number of hydrogen-bond donors (Lipinski definition) is 1. The summed E-state index contributed by atoms with van der Waals surface area (Å²) in [7, 11) is 0. The lowest BCUT2D eigenvalue weighted by atomic mass is 10.0. The Morgan fingerprint density at radius 1 is 1.21 bits per heavy atom. The van der Waals surface area contributed by atoms with Crippen molar-refractivity contribution in [1.82, 2.24) is 5.32 Å². The average Bonchev–Trinajstić information content (AvgIpc) is 3.07. The fourth-order valence-corrected chi connectivity index (χ4v) is 2.86. The van der Waals surface area contributed by atoms with Gasteiger partial charge in [-0.05, 0) is 49.4 Å². The Morgan fingerprint density at radius 2 is 2.07 bits per heavy atom. The Morgan fingerprint density at radius 3 is 2.64 bits per heavy atom. The van der Waals surface area contributed by atoms with E-state index in [0.29, 0.717) is 0 Å². The van der Waals surface area contributed by atoms with Gasteiger partial charge in [0, 0.05) is 19.7 Å². The molecule has 14 heavy (non-hydrogen) atoms. The predicted molar refractivity (Wildman–Crippen MR) is 56.2 cm³/mol. The highest BCUT2D eigenvalue weighted by Gasteiger charge is 2.53. The van der Waals surface area contributed by atoms with Crippen molar-refractivity contribution in [3.05, 3.63) is 0 Å². The highest BCUT2D eigenvalue weighted by Crippen LogP contribution is 2.60. The Bertz CT molecular complexity index is 202. The first kappa shape index (κ1) is 9.17. The van der Waals surface area contributed by atoms with Crippen molar-refractivity contribution in [2.24, 2.45) is 17.3 Å². The SMILES string of the molecule is C1CC(CNCC2(C3CC3)CC2)CO1. The maximum absolute atomic E-state index is 5.38. The van der Waals surface area contributed by atoms with Gasteiger partial charge in [-0.3, -0.25) is 0 Å². The zero-order valence-electron chi connectivity index (χ0n) is 8.93. The topological polar surface area (TPSA) is 21.3 Å². The largest absolute Gasteiger partial charge is 0.381 e. The van der Waals surface area contributed by atoms with Gasteiger partial charge >= 0.3 is 0 Å². The third kappa shape index (κ3) is 1.82. The lowest BCUT2D eigenvalue weighted by molar-refractivity contribution is 0.184. The van der Waals surface area contributed by atoms with Crippen LogP contribution >= 0.6 is 0 Å². The van der Waals surface area contributed by atoms with E-state index in [1.54, 1.807) is 0 Å². The Labute approximate surface area is 86.4 Å². The number of hydrogen-bond acceptors (Lipinski definition) is 2. The van der Waals surface area contributed by atoms with E-state index in [9.17, 15) is 0 Å². The van der Waals surface area contributed by atoms with Gasteiger partial charge < -0.3 is 10.1 Å². The molecule has 0 aromatic carbocycles. The third-order valence-corrected chi connectivity index (χ3v) is 4.27. The van der Waals surface area contributed by atoms with Gasteiger partial charge in [0.1, 0.15) is 0 Å². The van der Waals surface area contributed by atoms with Crippen LogP contribution in [0.5, 0.6) is 0 Å². The molecule has 0 radical (unpaired) electrons. The summed E-state index contributed by atoms with van der Waals surface area (Å²) in [6.45, 7) is 4.45. The van der Waals surface area contributed by atoms with Crippen LogP contribution in [0.3, 0.4) is 0 Å². The molecule has 2 heteroatoms. The summed E-state index contributed by atoms with van der Waals surface area (Å²) >= 11 is 0. The number of ether oxygens (including phenoxy) is 1. The summed E-state index contributed by atoms with van der Waals surface area (Å²) in [4.78, 5) is 0. The van der Waals surface area contributed by atoms with Gasteiger partial charge in [-0.1, -0.05) is 0 Å². The Kier molecular flexibility index (Phi) is 2.29. The molecule has 1 N–H and O–H groups in total. The van der Waals surface area contributed by atoms with Crippen LogP contribution in [0.15, 0.2) is 0 Å². The molecule has 3 aliphatic rings. The molecule has 0 aromatic heterocycles. The van der Waals surface area contributed by atoms with Crippen molar-refractivity contribution in [2.45, 2.75) is 32.1 Å². The standard InChI is InChI=1S/C12H21NO/c1-2-11(1)12(4-5-12)9-13-7-10-3-6-14-8-10/h10-11,13H,1-9H2. The summed E-state index contributed by atoms with van der Waals surface area (Å²) < 4.78 is 5.38. The first-order valence-corrected chi connectivity index (χ1v) is 6.18. The van der Waals surface area contributed by atoms with Crippen LogP contribution in [0.25, 0.3) is 0 Å². The highest BCUT2D eigenvalue weighted by atomic mass is 16.5. The molecule has 1 atom stereocenters. The van der Waals surface area contributed by atoms with Crippen molar-refractivity contribution in [1.29, 1.82) is 0 Å². The van der Waals surface area contributed by atoms with Crippen LogP contribution in [0.2, 0.25) is 0 Å².